The number of pyridine rings is 1. The molecule has 1 aliphatic rings. The molecule has 1 aromatic carbocycles. The zero-order chi connectivity index (χ0) is 21.8. The van der Waals surface area contributed by atoms with Crippen LogP contribution in [0, 0.1) is 6.92 Å². The van der Waals surface area contributed by atoms with Crippen LogP contribution in [-0.4, -0.2) is 45.3 Å². The highest BCUT2D eigenvalue weighted by molar-refractivity contribution is 6.31. The van der Waals surface area contributed by atoms with Crippen LogP contribution in [0.5, 0.6) is 0 Å². The van der Waals surface area contributed by atoms with Gasteiger partial charge < -0.3 is 9.64 Å². The Bertz CT molecular complexity index is 1150. The number of hydrogen-bond donors (Lipinski definition) is 0. The maximum Gasteiger partial charge on any atom is 0.267 e. The minimum Gasteiger partial charge on any atom is -0.368 e. The van der Waals surface area contributed by atoms with Crippen LogP contribution in [0.25, 0.3) is 0 Å². The number of rotatable bonds is 5. The van der Waals surface area contributed by atoms with Gasteiger partial charge in [0.2, 0.25) is 5.91 Å². The van der Waals surface area contributed by atoms with Crippen molar-refractivity contribution in [3.05, 3.63) is 92.6 Å². The summed E-state index contributed by atoms with van der Waals surface area (Å²) in [5, 5.41) is 4.85. The number of carbonyl (C=O) groups is 1. The fourth-order valence-corrected chi connectivity index (χ4v) is 3.76. The lowest BCUT2D eigenvalue weighted by Gasteiger charge is -2.32. The fraction of sp³-hybridized carbons (Fsp3) is 0.304. The van der Waals surface area contributed by atoms with Crippen molar-refractivity contribution in [1.29, 1.82) is 0 Å². The SMILES string of the molecule is Cc1ccc(=O)n(CC(=O)N2CCOC(c3cccc(Cc4ccccc4Cl)n3)C2)n1. The first-order valence-corrected chi connectivity index (χ1v) is 10.5. The van der Waals surface area contributed by atoms with Crippen LogP contribution < -0.4 is 5.56 Å². The summed E-state index contributed by atoms with van der Waals surface area (Å²) < 4.78 is 7.10. The van der Waals surface area contributed by atoms with Crippen molar-refractivity contribution in [2.45, 2.75) is 26.0 Å². The molecular formula is C23H23ClN4O3. The molecule has 2 aromatic heterocycles. The van der Waals surface area contributed by atoms with E-state index >= 15 is 0 Å². The van der Waals surface area contributed by atoms with E-state index in [1.54, 1.807) is 17.9 Å². The standard InChI is InChI=1S/C23H23ClN4O3/c1-16-9-10-22(29)28(26-16)15-23(30)27-11-12-31-21(14-27)20-8-4-6-18(25-20)13-17-5-2-3-7-19(17)24/h2-10,21H,11-15H2,1H3. The van der Waals surface area contributed by atoms with E-state index < -0.39 is 0 Å². The molecule has 8 heteroatoms. The molecule has 0 N–H and O–H groups in total. The molecule has 0 aliphatic carbocycles. The molecule has 0 spiro atoms. The second-order valence-corrected chi connectivity index (χ2v) is 7.90. The quantitative estimate of drug-likeness (QED) is 0.612. The van der Waals surface area contributed by atoms with E-state index in [2.05, 4.69) is 5.10 Å². The molecule has 31 heavy (non-hydrogen) atoms. The minimum absolute atomic E-state index is 0.0901. The van der Waals surface area contributed by atoms with Gasteiger partial charge >= 0.3 is 0 Å². The van der Waals surface area contributed by atoms with E-state index in [1.807, 2.05) is 42.5 Å². The molecule has 1 aliphatic heterocycles. The molecule has 7 nitrogen and oxygen atoms in total. The molecule has 1 unspecified atom stereocenters. The normalized spacial score (nSPS) is 16.3. The number of carbonyl (C=O) groups excluding carboxylic acids is 1. The molecule has 1 fully saturated rings. The van der Waals surface area contributed by atoms with Gasteiger partial charge in [-0.25, -0.2) is 4.68 Å². The third-order valence-corrected chi connectivity index (χ3v) is 5.56. The summed E-state index contributed by atoms with van der Waals surface area (Å²) in [6.07, 6.45) is 0.288. The molecule has 3 aromatic rings. The zero-order valence-electron chi connectivity index (χ0n) is 17.2. The summed E-state index contributed by atoms with van der Waals surface area (Å²) in [7, 11) is 0. The van der Waals surface area contributed by atoms with E-state index in [0.29, 0.717) is 36.8 Å². The highest BCUT2D eigenvalue weighted by Crippen LogP contribution is 2.23. The van der Waals surface area contributed by atoms with Crippen LogP contribution in [-0.2, 0) is 22.5 Å². The van der Waals surface area contributed by atoms with E-state index in [-0.39, 0.29) is 24.1 Å². The van der Waals surface area contributed by atoms with Gasteiger partial charge in [-0.05, 0) is 36.8 Å². The Morgan fingerprint density at radius 2 is 2.00 bits per heavy atom. The Morgan fingerprint density at radius 1 is 1.16 bits per heavy atom. The Kier molecular flexibility index (Phi) is 6.44. The number of halogens is 1. The summed E-state index contributed by atoms with van der Waals surface area (Å²) in [4.78, 5) is 31.2. The van der Waals surface area contributed by atoms with Crippen molar-refractivity contribution in [3.63, 3.8) is 0 Å². The largest absolute Gasteiger partial charge is 0.368 e. The number of nitrogens with zero attached hydrogens (tertiary/aromatic N) is 4. The van der Waals surface area contributed by atoms with Crippen LogP contribution in [0.2, 0.25) is 5.02 Å². The lowest BCUT2D eigenvalue weighted by molar-refractivity contribution is -0.140. The van der Waals surface area contributed by atoms with Gasteiger partial charge in [0.15, 0.2) is 0 Å². The lowest BCUT2D eigenvalue weighted by Crippen LogP contribution is -2.45. The second-order valence-electron chi connectivity index (χ2n) is 7.49. The van der Waals surface area contributed by atoms with Crippen LogP contribution >= 0.6 is 11.6 Å². The van der Waals surface area contributed by atoms with E-state index in [4.69, 9.17) is 21.3 Å². The second kappa shape index (κ2) is 9.41. The fourth-order valence-electron chi connectivity index (χ4n) is 3.56. The Labute approximate surface area is 185 Å². The molecule has 3 heterocycles. The minimum atomic E-state index is -0.328. The van der Waals surface area contributed by atoms with Crippen LogP contribution in [0.4, 0.5) is 0 Å². The highest BCUT2D eigenvalue weighted by atomic mass is 35.5. The third-order valence-electron chi connectivity index (χ3n) is 5.19. The van der Waals surface area contributed by atoms with Crippen molar-refractivity contribution < 1.29 is 9.53 Å². The maximum absolute atomic E-state index is 12.8. The van der Waals surface area contributed by atoms with Gasteiger partial charge in [0.25, 0.3) is 5.56 Å². The monoisotopic (exact) mass is 438 g/mol. The average molecular weight is 439 g/mol. The van der Waals surface area contributed by atoms with Crippen molar-refractivity contribution in [2.75, 3.05) is 19.7 Å². The first kappa shape index (κ1) is 21.2. The first-order chi connectivity index (χ1) is 15.0. The third kappa shape index (κ3) is 5.18. The van der Waals surface area contributed by atoms with Crippen molar-refractivity contribution >= 4 is 17.5 Å². The maximum atomic E-state index is 12.8. The number of aromatic nitrogens is 3. The summed E-state index contributed by atoms with van der Waals surface area (Å²) >= 11 is 6.28. The van der Waals surface area contributed by atoms with Gasteiger partial charge in [-0.15, -0.1) is 0 Å². The number of aryl methyl sites for hydroxylation is 1. The number of amides is 1. The molecule has 0 radical (unpaired) electrons. The van der Waals surface area contributed by atoms with E-state index in [9.17, 15) is 9.59 Å². The van der Waals surface area contributed by atoms with Gasteiger partial charge in [0.05, 0.1) is 24.5 Å². The Morgan fingerprint density at radius 3 is 2.84 bits per heavy atom. The van der Waals surface area contributed by atoms with E-state index in [1.165, 1.54) is 10.7 Å². The molecule has 1 atom stereocenters. The summed E-state index contributed by atoms with van der Waals surface area (Å²) in [5.41, 5.74) is 3.05. The van der Waals surface area contributed by atoms with Crippen molar-refractivity contribution in [1.82, 2.24) is 19.7 Å². The number of benzene rings is 1. The Balaban J connectivity index is 1.46. The predicted octanol–water partition coefficient (Wildman–Crippen LogP) is 2.79. The van der Waals surface area contributed by atoms with Crippen molar-refractivity contribution in [3.8, 4) is 0 Å². The number of hydrogen-bond acceptors (Lipinski definition) is 5. The summed E-state index contributed by atoms with van der Waals surface area (Å²) in [6, 6.07) is 16.6. The van der Waals surface area contributed by atoms with Gasteiger partial charge in [0, 0.05) is 29.7 Å². The van der Waals surface area contributed by atoms with Gasteiger partial charge in [-0.3, -0.25) is 14.6 Å². The first-order valence-electron chi connectivity index (χ1n) is 10.1. The van der Waals surface area contributed by atoms with Crippen LogP contribution in [0.1, 0.15) is 28.7 Å². The molecule has 4 rings (SSSR count). The average Bonchev–Trinajstić information content (AvgIpc) is 2.78. The molecule has 0 saturated carbocycles. The van der Waals surface area contributed by atoms with Crippen molar-refractivity contribution in [2.24, 2.45) is 0 Å². The van der Waals surface area contributed by atoms with Gasteiger partial charge in [-0.2, -0.15) is 5.10 Å². The van der Waals surface area contributed by atoms with Crippen LogP contribution in [0.15, 0.2) is 59.4 Å². The van der Waals surface area contributed by atoms with Crippen LogP contribution in [0.3, 0.4) is 0 Å². The molecule has 1 amide bonds. The smallest absolute Gasteiger partial charge is 0.267 e. The summed E-state index contributed by atoms with van der Waals surface area (Å²) in [5.74, 6) is -0.166. The Hall–Kier alpha value is -3.03. The summed E-state index contributed by atoms with van der Waals surface area (Å²) in [6.45, 7) is 2.94. The topological polar surface area (TPSA) is 77.3 Å². The van der Waals surface area contributed by atoms with Gasteiger partial charge in [0.1, 0.15) is 12.6 Å². The number of ether oxygens (including phenoxy) is 1. The highest BCUT2D eigenvalue weighted by Gasteiger charge is 2.27. The number of morpholine rings is 1. The molecular weight excluding hydrogens is 416 g/mol. The molecule has 1 saturated heterocycles. The predicted molar refractivity (Wildman–Crippen MR) is 117 cm³/mol. The van der Waals surface area contributed by atoms with E-state index in [0.717, 1.165) is 17.0 Å². The van der Waals surface area contributed by atoms with Gasteiger partial charge in [-0.1, -0.05) is 35.9 Å². The zero-order valence-corrected chi connectivity index (χ0v) is 18.0. The molecule has 0 bridgehead atoms. The lowest BCUT2D eigenvalue weighted by atomic mass is 10.1. The molecule has 160 valence electrons.